The third-order valence-corrected chi connectivity index (χ3v) is 4.66. The summed E-state index contributed by atoms with van der Waals surface area (Å²) < 4.78 is 5.16. The molecule has 8 heteroatoms. The zero-order valence-electron chi connectivity index (χ0n) is 16.1. The summed E-state index contributed by atoms with van der Waals surface area (Å²) in [4.78, 5) is 38.3. The number of halogens is 1. The quantitative estimate of drug-likeness (QED) is 0.719. The van der Waals surface area contributed by atoms with Crippen molar-refractivity contribution in [1.29, 1.82) is 0 Å². The number of carbonyl (C=O) groups excluding carboxylic acids is 3. The Morgan fingerprint density at radius 3 is 2.52 bits per heavy atom. The summed E-state index contributed by atoms with van der Waals surface area (Å²) >= 11 is 5.92. The number of methoxy groups -OCH3 is 1. The molecule has 1 aromatic rings. The van der Waals surface area contributed by atoms with Crippen molar-refractivity contribution in [2.45, 2.75) is 32.7 Å². The van der Waals surface area contributed by atoms with Crippen LogP contribution in [-0.4, -0.2) is 54.9 Å². The maximum Gasteiger partial charge on any atom is 0.255 e. The van der Waals surface area contributed by atoms with Crippen molar-refractivity contribution in [1.82, 2.24) is 15.5 Å². The lowest BCUT2D eigenvalue weighted by Gasteiger charge is -2.31. The molecule has 0 aliphatic carbocycles. The molecule has 7 nitrogen and oxygen atoms in total. The van der Waals surface area contributed by atoms with Gasteiger partial charge in [-0.05, 0) is 39.0 Å². The van der Waals surface area contributed by atoms with Gasteiger partial charge in [0.25, 0.3) is 5.91 Å². The topological polar surface area (TPSA) is 87.7 Å². The second kappa shape index (κ2) is 8.61. The molecular weight excluding hydrogens is 370 g/mol. The zero-order chi connectivity index (χ0) is 20.2. The second-order valence-electron chi connectivity index (χ2n) is 7.47. The van der Waals surface area contributed by atoms with E-state index in [0.717, 1.165) is 0 Å². The number of benzene rings is 1. The molecule has 1 atom stereocenters. The molecule has 0 aromatic heterocycles. The van der Waals surface area contributed by atoms with Crippen LogP contribution >= 0.6 is 11.6 Å². The molecule has 148 valence electrons. The minimum absolute atomic E-state index is 0.0102. The van der Waals surface area contributed by atoms with Gasteiger partial charge in [0, 0.05) is 36.6 Å². The fourth-order valence-corrected chi connectivity index (χ4v) is 3.16. The normalized spacial score (nSPS) is 17.0. The van der Waals surface area contributed by atoms with E-state index >= 15 is 0 Å². The van der Waals surface area contributed by atoms with Gasteiger partial charge in [-0.3, -0.25) is 14.4 Å². The number of ether oxygens (including phenoxy) is 1. The number of hydrogen-bond acceptors (Lipinski definition) is 4. The fourth-order valence-electron chi connectivity index (χ4n) is 2.99. The lowest BCUT2D eigenvalue weighted by molar-refractivity contribution is -0.132. The van der Waals surface area contributed by atoms with E-state index in [4.69, 9.17) is 16.3 Å². The Morgan fingerprint density at radius 2 is 1.93 bits per heavy atom. The first-order chi connectivity index (χ1) is 12.6. The maximum absolute atomic E-state index is 12.3. The minimum atomic E-state index is -0.361. The van der Waals surface area contributed by atoms with E-state index in [2.05, 4.69) is 10.6 Å². The molecule has 1 unspecified atom stereocenters. The third kappa shape index (κ3) is 5.35. The van der Waals surface area contributed by atoms with Crippen molar-refractivity contribution in [3.8, 4) is 5.75 Å². The smallest absolute Gasteiger partial charge is 0.255 e. The first-order valence-corrected chi connectivity index (χ1v) is 9.21. The molecular formula is C19H26ClN3O4. The monoisotopic (exact) mass is 395 g/mol. The van der Waals surface area contributed by atoms with Crippen LogP contribution in [0, 0.1) is 5.92 Å². The summed E-state index contributed by atoms with van der Waals surface area (Å²) in [7, 11) is 1.48. The van der Waals surface area contributed by atoms with E-state index in [1.165, 1.54) is 13.2 Å². The Labute approximate surface area is 164 Å². The number of nitrogens with one attached hydrogen (secondary N) is 2. The van der Waals surface area contributed by atoms with E-state index in [0.29, 0.717) is 22.9 Å². The second-order valence-corrected chi connectivity index (χ2v) is 7.90. The predicted molar refractivity (Wildman–Crippen MR) is 103 cm³/mol. The molecule has 2 rings (SSSR count). The number of hydrogen-bond donors (Lipinski definition) is 2. The van der Waals surface area contributed by atoms with Crippen LogP contribution in [0.5, 0.6) is 5.75 Å². The van der Waals surface area contributed by atoms with Gasteiger partial charge in [-0.15, -0.1) is 0 Å². The number of amides is 3. The molecule has 0 radical (unpaired) electrons. The lowest BCUT2D eigenvalue weighted by Crippen LogP contribution is -2.43. The third-order valence-electron chi connectivity index (χ3n) is 4.42. The van der Waals surface area contributed by atoms with Crippen LogP contribution in [0.3, 0.4) is 0 Å². The van der Waals surface area contributed by atoms with Crippen LogP contribution in [-0.2, 0) is 9.59 Å². The van der Waals surface area contributed by atoms with Crippen LogP contribution in [0.1, 0.15) is 37.6 Å². The summed E-state index contributed by atoms with van der Waals surface area (Å²) in [6.45, 7) is 6.79. The van der Waals surface area contributed by atoms with Gasteiger partial charge < -0.3 is 20.3 Å². The average molecular weight is 396 g/mol. The lowest BCUT2D eigenvalue weighted by atomic mass is 10.1. The molecule has 1 aromatic carbocycles. The summed E-state index contributed by atoms with van der Waals surface area (Å²) in [5.41, 5.74) is 0.0364. The van der Waals surface area contributed by atoms with Crippen molar-refractivity contribution in [2.24, 2.45) is 5.92 Å². The Kier molecular flexibility index (Phi) is 6.70. The Balaban J connectivity index is 1.80. The molecule has 0 bridgehead atoms. The average Bonchev–Trinajstić information content (AvgIpc) is 3.00. The van der Waals surface area contributed by atoms with Crippen LogP contribution < -0.4 is 15.4 Å². The minimum Gasteiger partial charge on any atom is -0.496 e. The van der Waals surface area contributed by atoms with Crippen molar-refractivity contribution < 1.29 is 19.1 Å². The van der Waals surface area contributed by atoms with Gasteiger partial charge in [-0.2, -0.15) is 0 Å². The van der Waals surface area contributed by atoms with Gasteiger partial charge >= 0.3 is 0 Å². The van der Waals surface area contributed by atoms with Crippen LogP contribution in [0.2, 0.25) is 5.02 Å². The summed E-state index contributed by atoms with van der Waals surface area (Å²) in [5, 5.41) is 5.93. The molecule has 1 aliphatic rings. The van der Waals surface area contributed by atoms with Gasteiger partial charge in [0.1, 0.15) is 5.75 Å². The van der Waals surface area contributed by atoms with Crippen LogP contribution in [0.4, 0.5) is 0 Å². The predicted octanol–water partition coefficient (Wildman–Crippen LogP) is 1.84. The highest BCUT2D eigenvalue weighted by molar-refractivity contribution is 6.31. The molecule has 0 saturated carbocycles. The summed E-state index contributed by atoms with van der Waals surface area (Å²) in [6.07, 6.45) is 0.217. The van der Waals surface area contributed by atoms with E-state index < -0.39 is 0 Å². The SMILES string of the molecule is COc1ccc(Cl)cc1C(=O)NCCNC(=O)C1CC(=O)N(C(C)(C)C)C1. The van der Waals surface area contributed by atoms with Crippen LogP contribution in [0.25, 0.3) is 0 Å². The van der Waals surface area contributed by atoms with E-state index in [9.17, 15) is 14.4 Å². The number of carbonyl (C=O) groups is 3. The van der Waals surface area contributed by atoms with Gasteiger partial charge in [-0.25, -0.2) is 0 Å². The van der Waals surface area contributed by atoms with Crippen molar-refractivity contribution >= 4 is 29.3 Å². The van der Waals surface area contributed by atoms with E-state index in [-0.39, 0.29) is 48.7 Å². The fraction of sp³-hybridized carbons (Fsp3) is 0.526. The van der Waals surface area contributed by atoms with Crippen molar-refractivity contribution in [2.75, 3.05) is 26.7 Å². The Hall–Kier alpha value is -2.28. The summed E-state index contributed by atoms with van der Waals surface area (Å²) in [6, 6.07) is 4.79. The van der Waals surface area contributed by atoms with E-state index in [1.54, 1.807) is 17.0 Å². The van der Waals surface area contributed by atoms with Gasteiger partial charge in [0.05, 0.1) is 18.6 Å². The number of nitrogens with zero attached hydrogens (tertiary/aromatic N) is 1. The Bertz CT molecular complexity index is 730. The van der Waals surface area contributed by atoms with Crippen molar-refractivity contribution in [3.63, 3.8) is 0 Å². The molecule has 1 aliphatic heterocycles. The van der Waals surface area contributed by atoms with Gasteiger partial charge in [-0.1, -0.05) is 11.6 Å². The maximum atomic E-state index is 12.3. The first kappa shape index (κ1) is 21.0. The molecule has 2 N–H and O–H groups in total. The highest BCUT2D eigenvalue weighted by atomic mass is 35.5. The summed E-state index contributed by atoms with van der Waals surface area (Å²) in [5.74, 6) is -0.458. The molecule has 3 amide bonds. The molecule has 1 fully saturated rings. The molecule has 1 saturated heterocycles. The standard InChI is InChI=1S/C19H26ClN3O4/c1-19(2,3)23-11-12(9-16(23)24)17(25)21-7-8-22-18(26)14-10-13(20)5-6-15(14)27-4/h5-6,10,12H,7-9,11H2,1-4H3,(H,21,25)(H,22,26). The largest absolute Gasteiger partial charge is 0.496 e. The zero-order valence-corrected chi connectivity index (χ0v) is 16.9. The highest BCUT2D eigenvalue weighted by Crippen LogP contribution is 2.26. The molecule has 27 heavy (non-hydrogen) atoms. The Morgan fingerprint density at radius 1 is 1.26 bits per heavy atom. The van der Waals surface area contributed by atoms with Crippen molar-refractivity contribution in [3.05, 3.63) is 28.8 Å². The van der Waals surface area contributed by atoms with Gasteiger partial charge in [0.2, 0.25) is 11.8 Å². The van der Waals surface area contributed by atoms with Crippen LogP contribution in [0.15, 0.2) is 18.2 Å². The number of likely N-dealkylation sites (tertiary alicyclic amines) is 1. The number of rotatable bonds is 6. The van der Waals surface area contributed by atoms with Gasteiger partial charge in [0.15, 0.2) is 0 Å². The molecule has 0 spiro atoms. The molecule has 1 heterocycles. The first-order valence-electron chi connectivity index (χ1n) is 8.83. The van der Waals surface area contributed by atoms with E-state index in [1.807, 2.05) is 20.8 Å². The highest BCUT2D eigenvalue weighted by Gasteiger charge is 2.39.